The minimum Gasteiger partial charge on any atom is -0.285 e. The van der Waals surface area contributed by atoms with Gasteiger partial charge in [0.15, 0.2) is 0 Å². The van der Waals surface area contributed by atoms with Gasteiger partial charge in [-0.2, -0.15) is 10.4 Å². The number of aromatic nitrogens is 2. The molecule has 0 amide bonds. The van der Waals surface area contributed by atoms with Crippen LogP contribution in [0.5, 0.6) is 0 Å². The van der Waals surface area contributed by atoms with Gasteiger partial charge < -0.3 is 0 Å². The number of H-pyrrole nitrogens is 1. The first-order valence-electron chi connectivity index (χ1n) is 4.35. The van der Waals surface area contributed by atoms with Gasteiger partial charge in [0.05, 0.1) is 18.2 Å². The van der Waals surface area contributed by atoms with Crippen molar-refractivity contribution in [3.8, 4) is 6.07 Å². The second-order valence-electron chi connectivity index (χ2n) is 3.00. The Morgan fingerprint density at radius 1 is 1.21 bits per heavy atom. The van der Waals surface area contributed by atoms with Gasteiger partial charge in [-0.15, -0.1) is 0 Å². The van der Waals surface area contributed by atoms with Crippen LogP contribution in [0.15, 0.2) is 42.7 Å². The fraction of sp³-hybridized carbons (Fsp3) is 0.0909. The molecule has 1 N–H and O–H groups in total. The molecule has 2 aromatic rings. The monoisotopic (exact) mass is 183 g/mol. The molecule has 0 aliphatic rings. The number of nitrogens with zero attached hydrogens (tertiary/aromatic N) is 2. The second-order valence-corrected chi connectivity index (χ2v) is 3.00. The van der Waals surface area contributed by atoms with E-state index in [1.54, 1.807) is 12.4 Å². The van der Waals surface area contributed by atoms with Gasteiger partial charge in [0.25, 0.3) is 0 Å². The van der Waals surface area contributed by atoms with Gasteiger partial charge in [-0.1, -0.05) is 30.3 Å². The number of hydrogen-bond donors (Lipinski definition) is 1. The van der Waals surface area contributed by atoms with Crippen molar-refractivity contribution in [2.24, 2.45) is 0 Å². The largest absolute Gasteiger partial charge is 0.285 e. The highest BCUT2D eigenvalue weighted by Gasteiger charge is 2.13. The third-order valence-electron chi connectivity index (χ3n) is 2.11. The molecule has 0 radical (unpaired) electrons. The third kappa shape index (κ3) is 1.50. The molecule has 0 fully saturated rings. The lowest BCUT2D eigenvalue weighted by Crippen LogP contribution is -1.95. The van der Waals surface area contributed by atoms with E-state index in [1.165, 1.54) is 0 Å². The topological polar surface area (TPSA) is 52.5 Å². The molecule has 0 aliphatic heterocycles. The van der Waals surface area contributed by atoms with Gasteiger partial charge in [-0.05, 0) is 5.56 Å². The zero-order valence-electron chi connectivity index (χ0n) is 7.51. The van der Waals surface area contributed by atoms with E-state index in [-0.39, 0.29) is 5.92 Å². The number of nitrogens with one attached hydrogen (secondary N) is 1. The zero-order valence-corrected chi connectivity index (χ0v) is 7.51. The van der Waals surface area contributed by atoms with E-state index < -0.39 is 0 Å². The Morgan fingerprint density at radius 3 is 2.57 bits per heavy atom. The molecule has 0 saturated heterocycles. The summed E-state index contributed by atoms with van der Waals surface area (Å²) in [5.41, 5.74) is 1.90. The fourth-order valence-electron chi connectivity index (χ4n) is 1.41. The van der Waals surface area contributed by atoms with Crippen LogP contribution < -0.4 is 0 Å². The Hall–Kier alpha value is -2.08. The molecular formula is C11H9N3. The molecule has 0 aliphatic carbocycles. The standard InChI is InChI=1S/C11H9N3/c12-6-11(10-7-13-14-8-10)9-4-2-1-3-5-9/h1-5,7-8,11H,(H,13,14)/t11-/m0/s1. The van der Waals surface area contributed by atoms with Gasteiger partial charge in [0, 0.05) is 11.8 Å². The Bertz CT molecular complexity index is 425. The number of benzene rings is 1. The van der Waals surface area contributed by atoms with Gasteiger partial charge in [-0.3, -0.25) is 5.10 Å². The molecule has 0 unspecified atom stereocenters. The van der Waals surface area contributed by atoms with E-state index in [1.807, 2.05) is 30.3 Å². The number of aromatic amines is 1. The van der Waals surface area contributed by atoms with Crippen molar-refractivity contribution in [3.63, 3.8) is 0 Å². The first kappa shape index (κ1) is 8.52. The first-order valence-corrected chi connectivity index (χ1v) is 4.35. The van der Waals surface area contributed by atoms with Crippen molar-refractivity contribution in [3.05, 3.63) is 53.9 Å². The lowest BCUT2D eigenvalue weighted by molar-refractivity contribution is 1.04. The summed E-state index contributed by atoms with van der Waals surface area (Å²) in [4.78, 5) is 0. The van der Waals surface area contributed by atoms with Crippen LogP contribution in [0.2, 0.25) is 0 Å². The van der Waals surface area contributed by atoms with E-state index in [0.29, 0.717) is 0 Å². The van der Waals surface area contributed by atoms with Crippen LogP contribution in [0.4, 0.5) is 0 Å². The van der Waals surface area contributed by atoms with Crippen LogP contribution in [0.25, 0.3) is 0 Å². The van der Waals surface area contributed by atoms with Crippen LogP contribution in [-0.4, -0.2) is 10.2 Å². The smallest absolute Gasteiger partial charge is 0.0992 e. The van der Waals surface area contributed by atoms with Crippen molar-refractivity contribution in [2.75, 3.05) is 0 Å². The lowest BCUT2D eigenvalue weighted by Gasteiger charge is -2.05. The molecule has 14 heavy (non-hydrogen) atoms. The Balaban J connectivity index is 2.38. The predicted molar refractivity (Wildman–Crippen MR) is 52.5 cm³/mol. The van der Waals surface area contributed by atoms with Gasteiger partial charge in [-0.25, -0.2) is 0 Å². The summed E-state index contributed by atoms with van der Waals surface area (Å²) in [5.74, 6) is -0.227. The molecule has 0 saturated carbocycles. The summed E-state index contributed by atoms with van der Waals surface area (Å²) in [6, 6.07) is 11.9. The first-order chi connectivity index (χ1) is 6.92. The van der Waals surface area contributed by atoms with Crippen molar-refractivity contribution in [2.45, 2.75) is 5.92 Å². The average molecular weight is 183 g/mol. The maximum atomic E-state index is 9.06. The van der Waals surface area contributed by atoms with E-state index in [2.05, 4.69) is 16.3 Å². The average Bonchev–Trinajstić information content (AvgIpc) is 2.74. The highest BCUT2D eigenvalue weighted by Crippen LogP contribution is 2.22. The molecule has 2 rings (SSSR count). The van der Waals surface area contributed by atoms with Crippen LogP contribution in [0.1, 0.15) is 17.0 Å². The minimum atomic E-state index is -0.227. The van der Waals surface area contributed by atoms with Gasteiger partial charge >= 0.3 is 0 Å². The normalized spacial score (nSPS) is 11.9. The molecule has 3 heteroatoms. The Kier molecular flexibility index (Phi) is 2.28. The van der Waals surface area contributed by atoms with E-state index >= 15 is 0 Å². The summed E-state index contributed by atoms with van der Waals surface area (Å²) in [5, 5.41) is 15.6. The highest BCUT2D eigenvalue weighted by atomic mass is 15.1. The molecular weight excluding hydrogens is 174 g/mol. The molecule has 3 nitrogen and oxygen atoms in total. The van der Waals surface area contributed by atoms with Crippen molar-refractivity contribution in [1.82, 2.24) is 10.2 Å². The zero-order chi connectivity index (χ0) is 9.80. The molecule has 1 atom stereocenters. The number of hydrogen-bond acceptors (Lipinski definition) is 2. The Morgan fingerprint density at radius 2 is 2.00 bits per heavy atom. The van der Waals surface area contributed by atoms with Crippen molar-refractivity contribution < 1.29 is 0 Å². The molecule has 1 heterocycles. The summed E-state index contributed by atoms with van der Waals surface area (Å²) in [6.07, 6.45) is 3.43. The SMILES string of the molecule is N#C[C@@H](c1ccccc1)c1cn[nH]c1. The number of rotatable bonds is 2. The Labute approximate surface area is 82.0 Å². The lowest BCUT2D eigenvalue weighted by atomic mass is 9.95. The quantitative estimate of drug-likeness (QED) is 0.774. The van der Waals surface area contributed by atoms with E-state index in [9.17, 15) is 0 Å². The maximum absolute atomic E-state index is 9.06. The molecule has 0 bridgehead atoms. The molecule has 1 aromatic carbocycles. The van der Waals surface area contributed by atoms with Gasteiger partial charge in [0.2, 0.25) is 0 Å². The van der Waals surface area contributed by atoms with Crippen molar-refractivity contribution >= 4 is 0 Å². The summed E-state index contributed by atoms with van der Waals surface area (Å²) >= 11 is 0. The molecule has 68 valence electrons. The maximum Gasteiger partial charge on any atom is 0.0992 e. The minimum absolute atomic E-state index is 0.227. The van der Waals surface area contributed by atoms with Crippen LogP contribution in [-0.2, 0) is 0 Å². The van der Waals surface area contributed by atoms with Crippen LogP contribution in [0.3, 0.4) is 0 Å². The summed E-state index contributed by atoms with van der Waals surface area (Å²) < 4.78 is 0. The second kappa shape index (κ2) is 3.75. The number of nitriles is 1. The van der Waals surface area contributed by atoms with Gasteiger partial charge in [0.1, 0.15) is 0 Å². The molecule has 0 spiro atoms. The van der Waals surface area contributed by atoms with E-state index in [4.69, 9.17) is 5.26 Å². The summed E-state index contributed by atoms with van der Waals surface area (Å²) in [6.45, 7) is 0. The molecule has 1 aromatic heterocycles. The predicted octanol–water partition coefficient (Wildman–Crippen LogP) is 2.07. The van der Waals surface area contributed by atoms with E-state index in [0.717, 1.165) is 11.1 Å². The fourth-order valence-corrected chi connectivity index (χ4v) is 1.41. The van der Waals surface area contributed by atoms with Crippen molar-refractivity contribution in [1.29, 1.82) is 5.26 Å². The summed E-state index contributed by atoms with van der Waals surface area (Å²) in [7, 11) is 0. The van der Waals surface area contributed by atoms with Crippen LogP contribution >= 0.6 is 0 Å². The third-order valence-corrected chi connectivity index (χ3v) is 2.11. The van der Waals surface area contributed by atoms with Crippen LogP contribution in [0, 0.1) is 11.3 Å². The highest BCUT2D eigenvalue weighted by molar-refractivity contribution is 5.35.